The van der Waals surface area contributed by atoms with Crippen LogP contribution in [-0.2, 0) is 0 Å². The third-order valence-corrected chi connectivity index (χ3v) is 3.29. The molecular formula is C15H16N4O. The highest BCUT2D eigenvalue weighted by Gasteiger charge is 2.13. The van der Waals surface area contributed by atoms with E-state index in [1.54, 1.807) is 12.4 Å². The van der Waals surface area contributed by atoms with Crippen LogP contribution < -0.4 is 5.32 Å². The molecule has 3 aromatic rings. The minimum absolute atomic E-state index is 0.160. The predicted molar refractivity (Wildman–Crippen MR) is 78.9 cm³/mol. The van der Waals surface area contributed by atoms with Crippen LogP contribution in [0.4, 0.5) is 5.95 Å². The molecule has 0 bridgehead atoms. The Morgan fingerprint density at radius 3 is 2.90 bits per heavy atom. The molecule has 5 heteroatoms. The Bertz CT molecular complexity index is 740. The molecule has 2 N–H and O–H groups in total. The molecular weight excluding hydrogens is 252 g/mol. The number of anilines is 1. The van der Waals surface area contributed by atoms with Gasteiger partial charge in [0, 0.05) is 41.1 Å². The Balaban J connectivity index is 2.01. The Morgan fingerprint density at radius 1 is 1.35 bits per heavy atom. The van der Waals surface area contributed by atoms with Crippen molar-refractivity contribution in [3.05, 3.63) is 48.4 Å². The molecule has 0 atom stereocenters. The van der Waals surface area contributed by atoms with E-state index in [9.17, 15) is 4.79 Å². The fourth-order valence-corrected chi connectivity index (χ4v) is 2.35. The molecule has 0 radical (unpaired) electrons. The summed E-state index contributed by atoms with van der Waals surface area (Å²) < 4.78 is 2.15. The Kier molecular flexibility index (Phi) is 3.02. The van der Waals surface area contributed by atoms with Gasteiger partial charge in [-0.2, -0.15) is 0 Å². The molecule has 20 heavy (non-hydrogen) atoms. The van der Waals surface area contributed by atoms with Gasteiger partial charge in [0.1, 0.15) is 0 Å². The molecule has 0 fully saturated rings. The number of amides is 1. The van der Waals surface area contributed by atoms with Gasteiger partial charge < -0.3 is 9.55 Å². The lowest BCUT2D eigenvalue weighted by Gasteiger charge is -2.10. The van der Waals surface area contributed by atoms with Crippen LogP contribution in [0.3, 0.4) is 0 Å². The van der Waals surface area contributed by atoms with Gasteiger partial charge in [0.15, 0.2) is 0 Å². The molecule has 2 aromatic heterocycles. The molecule has 1 amide bonds. The standard InChI is InChI=1S/C15H16N4O/c1-10(2)19-9-6-11-12(4-3-5-13(11)19)14(20)18-15-16-7-8-17-15/h3-10H,1-2H3,(H2,16,17,18,20). The van der Waals surface area contributed by atoms with Gasteiger partial charge in [-0.3, -0.25) is 10.1 Å². The van der Waals surface area contributed by atoms with Crippen LogP contribution in [0.15, 0.2) is 42.9 Å². The number of hydrogen-bond acceptors (Lipinski definition) is 2. The van der Waals surface area contributed by atoms with Crippen LogP contribution in [0.5, 0.6) is 0 Å². The lowest BCUT2D eigenvalue weighted by Crippen LogP contribution is -2.13. The van der Waals surface area contributed by atoms with Gasteiger partial charge in [-0.05, 0) is 32.0 Å². The first kappa shape index (κ1) is 12.5. The predicted octanol–water partition coefficient (Wildman–Crippen LogP) is 3.20. The number of nitrogens with one attached hydrogen (secondary N) is 2. The number of imidazole rings is 1. The first-order valence-corrected chi connectivity index (χ1v) is 6.57. The van der Waals surface area contributed by atoms with Gasteiger partial charge in [-0.1, -0.05) is 6.07 Å². The van der Waals surface area contributed by atoms with Crippen molar-refractivity contribution < 1.29 is 4.79 Å². The van der Waals surface area contributed by atoms with Gasteiger partial charge in [-0.25, -0.2) is 4.98 Å². The Hall–Kier alpha value is -2.56. The van der Waals surface area contributed by atoms with E-state index in [1.807, 2.05) is 30.5 Å². The van der Waals surface area contributed by atoms with E-state index in [-0.39, 0.29) is 5.91 Å². The van der Waals surface area contributed by atoms with Crippen molar-refractivity contribution in [2.24, 2.45) is 0 Å². The van der Waals surface area contributed by atoms with Crippen molar-refractivity contribution in [1.29, 1.82) is 0 Å². The highest BCUT2D eigenvalue weighted by molar-refractivity contribution is 6.12. The third-order valence-electron chi connectivity index (χ3n) is 3.29. The zero-order valence-electron chi connectivity index (χ0n) is 11.4. The molecule has 0 aliphatic rings. The van der Waals surface area contributed by atoms with Crippen LogP contribution in [-0.4, -0.2) is 20.4 Å². The fraction of sp³-hybridized carbons (Fsp3) is 0.200. The number of hydrogen-bond donors (Lipinski definition) is 2. The van der Waals surface area contributed by atoms with Gasteiger partial charge >= 0.3 is 0 Å². The van der Waals surface area contributed by atoms with Crippen molar-refractivity contribution in [2.75, 3.05) is 5.32 Å². The van der Waals surface area contributed by atoms with E-state index >= 15 is 0 Å². The summed E-state index contributed by atoms with van der Waals surface area (Å²) in [7, 11) is 0. The number of aromatic nitrogens is 3. The normalized spacial score (nSPS) is 11.2. The van der Waals surface area contributed by atoms with Crippen LogP contribution in [0.25, 0.3) is 10.9 Å². The summed E-state index contributed by atoms with van der Waals surface area (Å²) in [6.07, 6.45) is 5.29. The van der Waals surface area contributed by atoms with Crippen LogP contribution in [0.2, 0.25) is 0 Å². The highest BCUT2D eigenvalue weighted by atomic mass is 16.1. The molecule has 0 saturated heterocycles. The topological polar surface area (TPSA) is 62.7 Å². The maximum atomic E-state index is 12.3. The first-order chi connectivity index (χ1) is 9.66. The summed E-state index contributed by atoms with van der Waals surface area (Å²) >= 11 is 0. The number of carbonyl (C=O) groups is 1. The van der Waals surface area contributed by atoms with Crippen LogP contribution >= 0.6 is 0 Å². The van der Waals surface area contributed by atoms with Crippen molar-refractivity contribution in [2.45, 2.75) is 19.9 Å². The molecule has 2 heterocycles. The average molecular weight is 268 g/mol. The van der Waals surface area contributed by atoms with E-state index in [4.69, 9.17) is 0 Å². The lowest BCUT2D eigenvalue weighted by atomic mass is 10.1. The Morgan fingerprint density at radius 2 is 2.20 bits per heavy atom. The van der Waals surface area contributed by atoms with E-state index in [1.165, 1.54) is 0 Å². The summed E-state index contributed by atoms with van der Waals surface area (Å²) in [6.45, 7) is 4.24. The number of H-pyrrole nitrogens is 1. The van der Waals surface area contributed by atoms with Crippen LogP contribution in [0, 0.1) is 0 Å². The van der Waals surface area contributed by atoms with E-state index in [2.05, 4.69) is 33.7 Å². The molecule has 0 aliphatic heterocycles. The van der Waals surface area contributed by atoms with Crippen LogP contribution in [0.1, 0.15) is 30.2 Å². The Labute approximate surface area is 116 Å². The number of carbonyl (C=O) groups excluding carboxylic acids is 1. The van der Waals surface area contributed by atoms with Crippen molar-refractivity contribution in [3.63, 3.8) is 0 Å². The number of aromatic amines is 1. The number of nitrogens with zero attached hydrogens (tertiary/aromatic N) is 2. The zero-order chi connectivity index (χ0) is 14.1. The summed E-state index contributed by atoms with van der Waals surface area (Å²) in [5, 5.41) is 3.70. The van der Waals surface area contributed by atoms with E-state index in [0.29, 0.717) is 17.6 Å². The highest BCUT2D eigenvalue weighted by Crippen LogP contribution is 2.23. The zero-order valence-corrected chi connectivity index (χ0v) is 11.4. The maximum absolute atomic E-state index is 12.3. The summed E-state index contributed by atoms with van der Waals surface area (Å²) in [5.41, 5.74) is 1.71. The third kappa shape index (κ3) is 2.07. The van der Waals surface area contributed by atoms with Crippen molar-refractivity contribution in [3.8, 4) is 0 Å². The van der Waals surface area contributed by atoms with Crippen molar-refractivity contribution >= 4 is 22.8 Å². The number of fused-ring (bicyclic) bond motifs is 1. The van der Waals surface area contributed by atoms with E-state index in [0.717, 1.165) is 10.9 Å². The summed E-state index contributed by atoms with van der Waals surface area (Å²) in [5.74, 6) is 0.294. The van der Waals surface area contributed by atoms with Crippen molar-refractivity contribution in [1.82, 2.24) is 14.5 Å². The molecule has 0 spiro atoms. The second-order valence-corrected chi connectivity index (χ2v) is 4.95. The maximum Gasteiger partial charge on any atom is 0.258 e. The summed E-state index contributed by atoms with van der Waals surface area (Å²) in [4.78, 5) is 19.2. The first-order valence-electron chi connectivity index (χ1n) is 6.57. The molecule has 3 rings (SSSR count). The number of rotatable bonds is 3. The lowest BCUT2D eigenvalue weighted by molar-refractivity contribution is 0.102. The van der Waals surface area contributed by atoms with E-state index < -0.39 is 0 Å². The molecule has 5 nitrogen and oxygen atoms in total. The second-order valence-electron chi connectivity index (χ2n) is 4.95. The minimum atomic E-state index is -0.160. The molecule has 0 saturated carbocycles. The molecule has 1 aromatic carbocycles. The minimum Gasteiger partial charge on any atom is -0.345 e. The fourth-order valence-electron chi connectivity index (χ4n) is 2.35. The quantitative estimate of drug-likeness (QED) is 0.766. The SMILES string of the molecule is CC(C)n1ccc2c(C(=O)Nc3ncc[nH]3)cccc21. The van der Waals surface area contributed by atoms with Gasteiger partial charge in [0.25, 0.3) is 5.91 Å². The largest absolute Gasteiger partial charge is 0.345 e. The van der Waals surface area contributed by atoms with Gasteiger partial charge in [0.05, 0.1) is 0 Å². The summed E-state index contributed by atoms with van der Waals surface area (Å²) in [6, 6.07) is 8.09. The monoisotopic (exact) mass is 268 g/mol. The molecule has 102 valence electrons. The van der Waals surface area contributed by atoms with Gasteiger partial charge in [-0.15, -0.1) is 0 Å². The average Bonchev–Trinajstić information content (AvgIpc) is 3.06. The number of benzene rings is 1. The molecule has 0 unspecified atom stereocenters. The smallest absolute Gasteiger partial charge is 0.258 e. The molecule has 0 aliphatic carbocycles. The second kappa shape index (κ2) is 4.85. The van der Waals surface area contributed by atoms with Gasteiger partial charge in [0.2, 0.25) is 5.95 Å².